The molecule has 2 aromatic rings. The van der Waals surface area contributed by atoms with Crippen molar-refractivity contribution < 1.29 is 35.5 Å². The van der Waals surface area contributed by atoms with Crippen molar-refractivity contribution in [3.05, 3.63) is 73.4 Å². The number of carbonyl (C=O) groups is 2. The van der Waals surface area contributed by atoms with Gasteiger partial charge in [0.1, 0.15) is 0 Å². The van der Waals surface area contributed by atoms with Crippen LogP contribution in [0.1, 0.15) is 5.56 Å². The number of methoxy groups -OCH3 is 1. The Hall–Kier alpha value is -2.15. The van der Waals surface area contributed by atoms with Crippen molar-refractivity contribution in [3.8, 4) is 5.75 Å². The predicted octanol–water partition coefficient (Wildman–Crippen LogP) is -0.751. The molecule has 0 saturated heterocycles. The first-order valence-corrected chi connectivity index (χ1v) is 9.23. The van der Waals surface area contributed by atoms with Crippen LogP contribution in [0, 0.1) is 7.14 Å². The minimum atomic E-state index is -0.308. The molecule has 2 amide bonds. The second kappa shape index (κ2) is 6.95. The molecule has 1 aliphatic heterocycles. The Morgan fingerprint density at radius 3 is 2.30 bits per heavy atom. The SMILES string of the molecule is COc1ccc([I-]c2cccc(CN3C(=O)C=CC3=O)c2)cc1. The van der Waals surface area contributed by atoms with Crippen molar-refractivity contribution >= 4 is 11.8 Å². The van der Waals surface area contributed by atoms with Crippen molar-refractivity contribution in [2.24, 2.45) is 0 Å². The standard InChI is InChI=1S/C18H15INO3/c1-23-16-7-5-14(6-8-16)19-15-4-2-3-13(11-15)12-20-17(21)9-10-18(20)22/h2-11H,12H2,1H3/q-1. The fraction of sp³-hybridized carbons (Fsp3) is 0.111. The van der Waals surface area contributed by atoms with E-state index in [1.54, 1.807) is 7.11 Å². The van der Waals surface area contributed by atoms with Crippen LogP contribution in [0.3, 0.4) is 0 Å². The molecule has 0 spiro atoms. The van der Waals surface area contributed by atoms with E-state index in [1.165, 1.54) is 24.2 Å². The van der Waals surface area contributed by atoms with Gasteiger partial charge in [0.25, 0.3) is 0 Å². The van der Waals surface area contributed by atoms with Gasteiger partial charge in [-0.1, -0.05) is 0 Å². The number of rotatable bonds is 5. The summed E-state index contributed by atoms with van der Waals surface area (Å²) in [5.41, 5.74) is 0.973. The topological polar surface area (TPSA) is 46.6 Å². The van der Waals surface area contributed by atoms with Gasteiger partial charge in [-0.15, -0.1) is 0 Å². The molecule has 1 heterocycles. The molecule has 0 aliphatic carbocycles. The maximum atomic E-state index is 11.6. The summed E-state index contributed by atoms with van der Waals surface area (Å²) in [6.07, 6.45) is 2.63. The third-order valence-corrected chi connectivity index (χ3v) is 6.03. The van der Waals surface area contributed by atoms with E-state index in [0.717, 1.165) is 11.3 Å². The van der Waals surface area contributed by atoms with E-state index in [4.69, 9.17) is 4.74 Å². The van der Waals surface area contributed by atoms with Crippen LogP contribution in [-0.2, 0) is 16.1 Å². The summed E-state index contributed by atoms with van der Waals surface area (Å²) in [5, 5.41) is 0. The van der Waals surface area contributed by atoms with Crippen molar-refractivity contribution in [3.63, 3.8) is 0 Å². The number of carbonyl (C=O) groups excluding carboxylic acids is 2. The van der Waals surface area contributed by atoms with Crippen LogP contribution in [-0.4, -0.2) is 23.8 Å². The van der Waals surface area contributed by atoms with E-state index >= 15 is 0 Å². The van der Waals surface area contributed by atoms with Crippen LogP contribution in [0.25, 0.3) is 0 Å². The monoisotopic (exact) mass is 420 g/mol. The Morgan fingerprint density at radius 1 is 0.957 bits per heavy atom. The first kappa shape index (κ1) is 15.7. The molecule has 0 unspecified atom stereocenters. The van der Waals surface area contributed by atoms with Gasteiger partial charge in [0.2, 0.25) is 0 Å². The van der Waals surface area contributed by atoms with Gasteiger partial charge >= 0.3 is 145 Å². The fourth-order valence-electron chi connectivity index (χ4n) is 2.22. The average Bonchev–Trinajstić information content (AvgIpc) is 2.88. The molecule has 23 heavy (non-hydrogen) atoms. The van der Waals surface area contributed by atoms with E-state index in [-0.39, 0.29) is 33.0 Å². The van der Waals surface area contributed by atoms with Crippen LogP contribution in [0.15, 0.2) is 60.7 Å². The molecule has 118 valence electrons. The molecular weight excluding hydrogens is 405 g/mol. The molecule has 0 saturated carbocycles. The van der Waals surface area contributed by atoms with Gasteiger partial charge in [0, 0.05) is 0 Å². The summed E-state index contributed by atoms with van der Waals surface area (Å²) in [6, 6.07) is 16.2. The number of benzene rings is 2. The Kier molecular flexibility index (Phi) is 4.76. The van der Waals surface area contributed by atoms with Crippen molar-refractivity contribution in [1.29, 1.82) is 0 Å². The number of hydrogen-bond donors (Lipinski definition) is 0. The molecule has 0 N–H and O–H groups in total. The molecule has 0 radical (unpaired) electrons. The summed E-state index contributed by atoms with van der Waals surface area (Å²) in [5.74, 6) is 0.362. The molecule has 1 aliphatic rings. The number of ether oxygens (including phenoxy) is 1. The molecule has 0 bridgehead atoms. The Bertz CT molecular complexity index is 750. The van der Waals surface area contributed by atoms with Gasteiger partial charge < -0.3 is 0 Å². The first-order valence-electron chi connectivity index (χ1n) is 7.07. The van der Waals surface area contributed by atoms with Crippen LogP contribution < -0.4 is 25.9 Å². The van der Waals surface area contributed by atoms with Crippen molar-refractivity contribution in [1.82, 2.24) is 4.90 Å². The van der Waals surface area contributed by atoms with Gasteiger partial charge in [0.15, 0.2) is 0 Å². The zero-order valence-corrected chi connectivity index (χ0v) is 14.7. The summed E-state index contributed by atoms with van der Waals surface area (Å²) >= 11 is -0.308. The van der Waals surface area contributed by atoms with Gasteiger partial charge in [-0.2, -0.15) is 0 Å². The molecule has 4 nitrogen and oxygen atoms in total. The van der Waals surface area contributed by atoms with E-state index in [9.17, 15) is 9.59 Å². The molecule has 5 heteroatoms. The number of halogens is 1. The maximum absolute atomic E-state index is 11.6. The number of amides is 2. The Morgan fingerprint density at radius 2 is 1.65 bits per heavy atom. The Labute approximate surface area is 145 Å². The van der Waals surface area contributed by atoms with E-state index in [1.807, 2.05) is 24.3 Å². The van der Waals surface area contributed by atoms with Crippen LogP contribution >= 0.6 is 0 Å². The zero-order chi connectivity index (χ0) is 16.2. The predicted molar refractivity (Wildman–Crippen MR) is 81.5 cm³/mol. The van der Waals surface area contributed by atoms with Crippen molar-refractivity contribution in [2.75, 3.05) is 7.11 Å². The minimum absolute atomic E-state index is 0.245. The second-order valence-corrected chi connectivity index (χ2v) is 8.01. The van der Waals surface area contributed by atoms with Crippen LogP contribution in [0.5, 0.6) is 5.75 Å². The summed E-state index contributed by atoms with van der Waals surface area (Å²) < 4.78 is 7.71. The van der Waals surface area contributed by atoms with E-state index in [0.29, 0.717) is 6.54 Å². The van der Waals surface area contributed by atoms with Gasteiger partial charge in [-0.3, -0.25) is 0 Å². The fourth-order valence-corrected chi connectivity index (χ4v) is 4.60. The molecule has 0 atom stereocenters. The Balaban J connectivity index is 1.72. The first-order chi connectivity index (χ1) is 11.2. The van der Waals surface area contributed by atoms with Crippen LogP contribution in [0.4, 0.5) is 0 Å². The average molecular weight is 420 g/mol. The third-order valence-electron chi connectivity index (χ3n) is 3.40. The molecular formula is C18H15INO3-. The number of hydrogen-bond acceptors (Lipinski definition) is 3. The third kappa shape index (κ3) is 3.79. The second-order valence-electron chi connectivity index (χ2n) is 4.98. The van der Waals surface area contributed by atoms with E-state index < -0.39 is 0 Å². The number of imide groups is 1. The normalized spacial score (nSPS) is 13.9. The quantitative estimate of drug-likeness (QED) is 0.473. The van der Waals surface area contributed by atoms with Gasteiger partial charge in [-0.25, -0.2) is 0 Å². The molecule has 2 aromatic carbocycles. The van der Waals surface area contributed by atoms with Gasteiger partial charge in [0.05, 0.1) is 0 Å². The summed E-state index contributed by atoms with van der Waals surface area (Å²) in [6.45, 7) is 0.324. The van der Waals surface area contributed by atoms with Crippen molar-refractivity contribution in [2.45, 2.75) is 6.54 Å². The zero-order valence-electron chi connectivity index (χ0n) is 12.5. The summed E-state index contributed by atoms with van der Waals surface area (Å²) in [4.78, 5) is 24.5. The van der Waals surface area contributed by atoms with Crippen LogP contribution in [0.2, 0.25) is 0 Å². The molecule has 3 rings (SSSR count). The molecule has 0 fully saturated rings. The summed E-state index contributed by atoms with van der Waals surface area (Å²) in [7, 11) is 1.66. The van der Waals surface area contributed by atoms with E-state index in [2.05, 4.69) is 24.3 Å². The van der Waals surface area contributed by atoms with Gasteiger partial charge in [-0.05, 0) is 0 Å². The number of nitrogens with zero attached hydrogens (tertiary/aromatic N) is 1. The molecule has 0 aromatic heterocycles.